The van der Waals surface area contributed by atoms with Crippen LogP contribution in [0.4, 0.5) is 4.39 Å². The summed E-state index contributed by atoms with van der Waals surface area (Å²) in [4.78, 5) is 8.49. The minimum absolute atomic E-state index is 0.303. The summed E-state index contributed by atoms with van der Waals surface area (Å²) in [6.45, 7) is 2.09. The van der Waals surface area contributed by atoms with Gasteiger partial charge in [-0.1, -0.05) is 48.7 Å². The van der Waals surface area contributed by atoms with E-state index < -0.39 is 0 Å². The quantitative estimate of drug-likeness (QED) is 0.748. The van der Waals surface area contributed by atoms with E-state index in [4.69, 9.17) is 23.2 Å². The Kier molecular flexibility index (Phi) is 4.72. The summed E-state index contributed by atoms with van der Waals surface area (Å²) in [6.07, 6.45) is 2.79. The number of aryl methyl sites for hydroxylation is 1. The Bertz CT molecular complexity index is 547. The smallest absolute Gasteiger partial charge is 0.142 e. The molecule has 0 atom stereocenters. The van der Waals surface area contributed by atoms with Gasteiger partial charge in [0.05, 0.1) is 5.56 Å². The van der Waals surface area contributed by atoms with Gasteiger partial charge in [0, 0.05) is 6.42 Å². The summed E-state index contributed by atoms with van der Waals surface area (Å²) in [5, 5.41) is 0.607. The molecular weight excluding hydrogens is 286 g/mol. The zero-order chi connectivity index (χ0) is 13.8. The molecule has 0 fully saturated rings. The molecule has 19 heavy (non-hydrogen) atoms. The van der Waals surface area contributed by atoms with Crippen LogP contribution in [0.15, 0.2) is 24.3 Å². The van der Waals surface area contributed by atoms with Crippen molar-refractivity contribution in [3.05, 3.63) is 46.2 Å². The first-order valence-corrected chi connectivity index (χ1v) is 6.85. The Hall–Kier alpha value is -1.19. The predicted molar refractivity (Wildman–Crippen MR) is 76.1 cm³/mol. The molecule has 0 radical (unpaired) electrons. The number of halogens is 3. The summed E-state index contributed by atoms with van der Waals surface area (Å²) in [7, 11) is 0. The Balaban J connectivity index is 2.38. The third-order valence-corrected chi connectivity index (χ3v) is 3.30. The van der Waals surface area contributed by atoms with Gasteiger partial charge in [-0.15, -0.1) is 0 Å². The van der Waals surface area contributed by atoms with Gasteiger partial charge in [0.2, 0.25) is 0 Å². The van der Waals surface area contributed by atoms with Crippen molar-refractivity contribution in [1.82, 2.24) is 9.97 Å². The number of benzene rings is 1. The minimum Gasteiger partial charge on any atom is -0.220 e. The highest BCUT2D eigenvalue weighted by molar-refractivity contribution is 6.37. The monoisotopic (exact) mass is 298 g/mol. The van der Waals surface area contributed by atoms with Crippen molar-refractivity contribution in [3.63, 3.8) is 0 Å². The van der Waals surface area contributed by atoms with Crippen LogP contribution in [0, 0.1) is 5.82 Å². The maximum Gasteiger partial charge on any atom is 0.142 e. The van der Waals surface area contributed by atoms with E-state index in [0.717, 1.165) is 19.3 Å². The molecule has 0 saturated heterocycles. The molecule has 0 bridgehead atoms. The lowest BCUT2D eigenvalue weighted by atomic mass is 10.1. The molecule has 0 aliphatic carbocycles. The van der Waals surface area contributed by atoms with Gasteiger partial charge in [0.1, 0.15) is 21.9 Å². The lowest BCUT2D eigenvalue weighted by Gasteiger charge is -2.08. The van der Waals surface area contributed by atoms with Crippen molar-refractivity contribution < 1.29 is 4.39 Å². The van der Waals surface area contributed by atoms with Crippen LogP contribution in [-0.4, -0.2) is 9.97 Å². The van der Waals surface area contributed by atoms with Crippen molar-refractivity contribution in [2.24, 2.45) is 0 Å². The van der Waals surface area contributed by atoms with Gasteiger partial charge < -0.3 is 0 Å². The molecule has 2 rings (SSSR count). The second-order valence-electron chi connectivity index (χ2n) is 4.21. The molecule has 2 aromatic rings. The molecule has 0 amide bonds. The first-order chi connectivity index (χ1) is 9.11. The van der Waals surface area contributed by atoms with Crippen molar-refractivity contribution in [2.45, 2.75) is 26.2 Å². The maximum absolute atomic E-state index is 12.9. The van der Waals surface area contributed by atoms with E-state index >= 15 is 0 Å². The Morgan fingerprint density at radius 2 is 1.63 bits per heavy atom. The van der Waals surface area contributed by atoms with E-state index in [1.807, 2.05) is 0 Å². The highest BCUT2D eigenvalue weighted by Crippen LogP contribution is 2.32. The Labute approximate surface area is 121 Å². The standard InChI is InChI=1S/C14H13Cl2FN2/c1-2-3-4-11-18-13(15)12(14(16)19-11)9-5-7-10(17)8-6-9/h5-8H,2-4H2,1H3. The number of hydrogen-bond donors (Lipinski definition) is 0. The van der Waals surface area contributed by atoms with Crippen molar-refractivity contribution in [3.8, 4) is 11.1 Å². The average molecular weight is 299 g/mol. The molecule has 0 saturated carbocycles. The molecule has 0 aliphatic rings. The zero-order valence-corrected chi connectivity index (χ0v) is 12.0. The van der Waals surface area contributed by atoms with E-state index in [-0.39, 0.29) is 5.82 Å². The SMILES string of the molecule is CCCCc1nc(Cl)c(-c2ccc(F)cc2)c(Cl)n1. The van der Waals surface area contributed by atoms with Gasteiger partial charge in [-0.2, -0.15) is 0 Å². The minimum atomic E-state index is -0.309. The van der Waals surface area contributed by atoms with Crippen LogP contribution in [0.2, 0.25) is 10.3 Å². The fourth-order valence-corrected chi connectivity index (χ4v) is 2.39. The summed E-state index contributed by atoms with van der Waals surface area (Å²) in [5.41, 5.74) is 1.25. The van der Waals surface area contributed by atoms with Crippen LogP contribution in [0.25, 0.3) is 11.1 Å². The largest absolute Gasteiger partial charge is 0.220 e. The van der Waals surface area contributed by atoms with E-state index in [1.165, 1.54) is 12.1 Å². The number of rotatable bonds is 4. The second kappa shape index (κ2) is 6.31. The topological polar surface area (TPSA) is 25.8 Å². The van der Waals surface area contributed by atoms with Crippen molar-refractivity contribution in [2.75, 3.05) is 0 Å². The fraction of sp³-hybridized carbons (Fsp3) is 0.286. The summed E-state index contributed by atoms with van der Waals surface area (Å²) >= 11 is 12.3. The lowest BCUT2D eigenvalue weighted by Crippen LogP contribution is -1.98. The van der Waals surface area contributed by atoms with Gasteiger partial charge in [0.15, 0.2) is 0 Å². The Morgan fingerprint density at radius 3 is 2.16 bits per heavy atom. The van der Waals surface area contributed by atoms with Gasteiger partial charge in [-0.3, -0.25) is 0 Å². The van der Waals surface area contributed by atoms with Crippen LogP contribution >= 0.6 is 23.2 Å². The van der Waals surface area contributed by atoms with Crippen LogP contribution in [0.5, 0.6) is 0 Å². The fourth-order valence-electron chi connectivity index (χ4n) is 1.75. The average Bonchev–Trinajstić information content (AvgIpc) is 2.38. The van der Waals surface area contributed by atoms with Crippen molar-refractivity contribution in [1.29, 1.82) is 0 Å². The van der Waals surface area contributed by atoms with Gasteiger partial charge >= 0.3 is 0 Å². The van der Waals surface area contributed by atoms with Crippen LogP contribution in [0.3, 0.4) is 0 Å². The lowest BCUT2D eigenvalue weighted by molar-refractivity contribution is 0.628. The van der Waals surface area contributed by atoms with Crippen molar-refractivity contribution >= 4 is 23.2 Å². The van der Waals surface area contributed by atoms with Crippen LogP contribution < -0.4 is 0 Å². The molecule has 1 aromatic heterocycles. The van der Waals surface area contributed by atoms with E-state index in [9.17, 15) is 4.39 Å². The molecule has 0 aliphatic heterocycles. The number of hydrogen-bond acceptors (Lipinski definition) is 2. The first kappa shape index (κ1) is 14.2. The van der Waals surface area contributed by atoms with Gasteiger partial charge in [0.25, 0.3) is 0 Å². The molecule has 100 valence electrons. The second-order valence-corrected chi connectivity index (χ2v) is 4.92. The zero-order valence-electron chi connectivity index (χ0n) is 10.5. The molecule has 0 N–H and O–H groups in total. The number of unbranched alkanes of at least 4 members (excludes halogenated alkanes) is 1. The van der Waals surface area contributed by atoms with Gasteiger partial charge in [-0.05, 0) is 24.1 Å². The van der Waals surface area contributed by atoms with Crippen LogP contribution in [0.1, 0.15) is 25.6 Å². The third-order valence-electron chi connectivity index (χ3n) is 2.75. The molecule has 2 nitrogen and oxygen atoms in total. The molecule has 0 unspecified atom stereocenters. The normalized spacial score (nSPS) is 10.7. The summed E-state index contributed by atoms with van der Waals surface area (Å²) in [6, 6.07) is 5.93. The third kappa shape index (κ3) is 3.43. The van der Waals surface area contributed by atoms with Gasteiger partial charge in [-0.25, -0.2) is 14.4 Å². The number of aromatic nitrogens is 2. The molecule has 0 spiro atoms. The van der Waals surface area contributed by atoms with E-state index in [2.05, 4.69) is 16.9 Å². The highest BCUT2D eigenvalue weighted by Gasteiger charge is 2.13. The predicted octanol–water partition coefficient (Wildman–Crippen LogP) is 4.93. The highest BCUT2D eigenvalue weighted by atomic mass is 35.5. The maximum atomic E-state index is 12.9. The molecule has 1 heterocycles. The van der Waals surface area contributed by atoms with E-state index in [1.54, 1.807) is 12.1 Å². The molecule has 5 heteroatoms. The molecule has 1 aromatic carbocycles. The summed E-state index contributed by atoms with van der Waals surface area (Å²) < 4.78 is 12.9. The number of nitrogens with zero attached hydrogens (tertiary/aromatic N) is 2. The first-order valence-electron chi connectivity index (χ1n) is 6.09. The Morgan fingerprint density at radius 1 is 1.05 bits per heavy atom. The van der Waals surface area contributed by atoms with Crippen LogP contribution in [-0.2, 0) is 6.42 Å². The van der Waals surface area contributed by atoms with E-state index in [0.29, 0.717) is 27.3 Å². The molecular formula is C14H13Cl2FN2. The summed E-state index contributed by atoms with van der Waals surface area (Å²) in [5.74, 6) is 0.333.